The molecule has 4 N–H and O–H groups in total. The summed E-state index contributed by atoms with van der Waals surface area (Å²) in [6.45, 7) is 6.65. The molecule has 3 saturated heterocycles. The molecule has 348 valence electrons. The summed E-state index contributed by atoms with van der Waals surface area (Å²) in [6.07, 6.45) is 13.4. The number of methoxy groups -OCH3 is 1. The number of ether oxygens (including phenoxy) is 1. The first-order valence-corrected chi connectivity index (χ1v) is 23.8. The zero-order chi connectivity index (χ0) is 45.5. The van der Waals surface area contributed by atoms with Crippen LogP contribution in [-0.4, -0.2) is 115 Å². The smallest absolute Gasteiger partial charge is 0.251 e. The second-order valence-corrected chi connectivity index (χ2v) is 19.6. The van der Waals surface area contributed by atoms with E-state index in [0.717, 1.165) is 103 Å². The Kier molecular flexibility index (Phi) is 12.8. The van der Waals surface area contributed by atoms with E-state index in [-0.39, 0.29) is 60.0 Å². The lowest BCUT2D eigenvalue weighted by Crippen LogP contribution is -2.62. The van der Waals surface area contributed by atoms with Gasteiger partial charge in [0.25, 0.3) is 5.91 Å². The largest absolute Gasteiger partial charge is 0.495 e. The molecule has 3 aromatic rings. The molecule has 2 aliphatic carbocycles. The molecule has 5 heterocycles. The average molecular weight is 894 g/mol. The van der Waals surface area contributed by atoms with E-state index >= 15 is 4.39 Å². The van der Waals surface area contributed by atoms with Gasteiger partial charge in [0.2, 0.25) is 23.7 Å². The number of nitrogens with one attached hydrogen (secondary N) is 3. The van der Waals surface area contributed by atoms with E-state index in [4.69, 9.17) is 9.72 Å². The Bertz CT molecular complexity index is 2280. The Balaban J connectivity index is 0.773. The van der Waals surface area contributed by atoms with Gasteiger partial charge in [0.1, 0.15) is 23.3 Å². The molecule has 0 bridgehead atoms. The van der Waals surface area contributed by atoms with Gasteiger partial charge in [0, 0.05) is 69.9 Å². The van der Waals surface area contributed by atoms with Gasteiger partial charge < -0.3 is 40.1 Å². The molecule has 4 amide bonds. The van der Waals surface area contributed by atoms with E-state index in [1.54, 1.807) is 49.5 Å². The molecule has 65 heavy (non-hydrogen) atoms. The molecule has 16 heteroatoms. The number of hydrogen-bond acceptors (Lipinski definition) is 12. The van der Waals surface area contributed by atoms with Gasteiger partial charge >= 0.3 is 0 Å². The van der Waals surface area contributed by atoms with Crippen LogP contribution < -0.4 is 35.4 Å². The molecule has 9 rings (SSSR count). The molecular weight excluding hydrogens is 830 g/mol. The standard InChI is InChI=1S/C49H64FN9O6/c1-4-38-46(64)56(2)40-27-51-47(54-43(40)59(38)34-7-5-6-8-34)52-37-12-9-33(26-41(37)65-3)44(62)55-49(21-24-60)19-17-48(18-20-49)29-57(30-48)28-31-15-22-58(23-16-31)39-13-10-32(25-36(39)50)35-11-14-42(61)53-45(35)63/h9-10,12-13,25-27,31,34-35,38,60H,4-8,11,14-24,28-30H2,1-3H3,(H,55,62)(H,51,52,54)(H,53,61,63)/t35?,38-/m1/s1. The van der Waals surface area contributed by atoms with Crippen LogP contribution in [0.3, 0.4) is 0 Å². The third-order valence-corrected chi connectivity index (χ3v) is 15.6. The van der Waals surface area contributed by atoms with Crippen LogP contribution in [0.2, 0.25) is 0 Å². The normalized spacial score (nSPS) is 23.6. The Hall–Kier alpha value is -5.35. The Morgan fingerprint density at radius 3 is 2.42 bits per heavy atom. The number of piperidine rings is 2. The number of fused-ring (bicyclic) bond motifs is 1. The van der Waals surface area contributed by atoms with Crippen molar-refractivity contribution >= 4 is 52.5 Å². The maximum absolute atomic E-state index is 15.4. The summed E-state index contributed by atoms with van der Waals surface area (Å²) in [5.41, 5.74) is 2.65. The minimum absolute atomic E-state index is 0.0138. The highest BCUT2D eigenvalue weighted by atomic mass is 19.1. The van der Waals surface area contributed by atoms with Crippen molar-refractivity contribution in [1.29, 1.82) is 0 Å². The molecule has 2 aromatic carbocycles. The minimum Gasteiger partial charge on any atom is -0.495 e. The molecule has 15 nitrogen and oxygen atoms in total. The molecular formula is C49H64FN9O6. The van der Waals surface area contributed by atoms with Crippen LogP contribution in [0.4, 0.5) is 33.2 Å². The number of aromatic nitrogens is 2. The van der Waals surface area contributed by atoms with Crippen molar-refractivity contribution in [1.82, 2.24) is 25.5 Å². The summed E-state index contributed by atoms with van der Waals surface area (Å²) >= 11 is 0. The van der Waals surface area contributed by atoms with E-state index in [0.29, 0.717) is 65.1 Å². The predicted molar refractivity (Wildman–Crippen MR) is 246 cm³/mol. The monoisotopic (exact) mass is 893 g/mol. The number of aliphatic hydroxyl groups excluding tert-OH is 1. The van der Waals surface area contributed by atoms with Crippen molar-refractivity contribution in [3.63, 3.8) is 0 Å². The topological polar surface area (TPSA) is 173 Å². The first kappa shape index (κ1) is 44.8. The van der Waals surface area contributed by atoms with Crippen LogP contribution in [0.25, 0.3) is 0 Å². The first-order chi connectivity index (χ1) is 31.4. The number of halogens is 1. The highest BCUT2D eigenvalue weighted by Gasteiger charge is 2.50. The second-order valence-electron chi connectivity index (χ2n) is 19.6. The number of aliphatic hydroxyl groups is 1. The number of hydrogen-bond donors (Lipinski definition) is 4. The number of carbonyl (C=O) groups excluding carboxylic acids is 4. The third kappa shape index (κ3) is 9.00. The Morgan fingerprint density at radius 1 is 0.985 bits per heavy atom. The van der Waals surface area contributed by atoms with Gasteiger partial charge in [-0.25, -0.2) is 9.37 Å². The molecule has 6 aliphatic rings. The fourth-order valence-corrected chi connectivity index (χ4v) is 11.8. The van der Waals surface area contributed by atoms with E-state index in [2.05, 4.69) is 35.6 Å². The number of amides is 4. The van der Waals surface area contributed by atoms with Gasteiger partial charge in [-0.05, 0) is 118 Å². The number of imide groups is 1. The van der Waals surface area contributed by atoms with E-state index < -0.39 is 11.5 Å². The predicted octanol–water partition coefficient (Wildman–Crippen LogP) is 6.04. The van der Waals surface area contributed by atoms with E-state index in [1.165, 1.54) is 6.07 Å². The average Bonchev–Trinajstić information content (AvgIpc) is 3.83. The van der Waals surface area contributed by atoms with Crippen LogP contribution in [0.15, 0.2) is 42.6 Å². The van der Waals surface area contributed by atoms with Gasteiger partial charge in [-0.3, -0.25) is 24.5 Å². The van der Waals surface area contributed by atoms with Crippen molar-refractivity contribution in [3.8, 4) is 5.75 Å². The van der Waals surface area contributed by atoms with Crippen molar-refractivity contribution in [3.05, 3.63) is 59.5 Å². The van der Waals surface area contributed by atoms with Gasteiger partial charge in [-0.15, -0.1) is 0 Å². The van der Waals surface area contributed by atoms with Gasteiger partial charge in [-0.1, -0.05) is 25.8 Å². The highest BCUT2D eigenvalue weighted by Crippen LogP contribution is 2.49. The fourth-order valence-electron chi connectivity index (χ4n) is 11.8. The van der Waals surface area contributed by atoms with Crippen molar-refractivity contribution in [2.45, 2.75) is 120 Å². The van der Waals surface area contributed by atoms with Crippen LogP contribution in [0, 0.1) is 17.2 Å². The highest BCUT2D eigenvalue weighted by molar-refractivity contribution is 6.04. The summed E-state index contributed by atoms with van der Waals surface area (Å²) in [5, 5.41) is 19.2. The lowest BCUT2D eigenvalue weighted by Gasteiger charge is -2.57. The maximum atomic E-state index is 15.4. The van der Waals surface area contributed by atoms with Gasteiger partial charge in [-0.2, -0.15) is 4.98 Å². The zero-order valence-electron chi connectivity index (χ0n) is 38.0. The molecule has 1 spiro atoms. The number of carbonyl (C=O) groups is 4. The van der Waals surface area contributed by atoms with Crippen molar-refractivity contribution in [2.24, 2.45) is 11.3 Å². The fraction of sp³-hybridized carbons (Fsp3) is 0.592. The lowest BCUT2D eigenvalue weighted by molar-refractivity contribution is -0.134. The van der Waals surface area contributed by atoms with E-state index in [9.17, 15) is 24.3 Å². The lowest BCUT2D eigenvalue weighted by atomic mass is 9.62. The summed E-state index contributed by atoms with van der Waals surface area (Å²) < 4.78 is 21.1. The van der Waals surface area contributed by atoms with E-state index in [1.807, 2.05) is 13.0 Å². The molecule has 4 aliphatic heterocycles. The van der Waals surface area contributed by atoms with Crippen molar-refractivity contribution < 1.29 is 33.4 Å². The molecule has 0 radical (unpaired) electrons. The molecule has 2 saturated carbocycles. The zero-order valence-corrected chi connectivity index (χ0v) is 38.0. The summed E-state index contributed by atoms with van der Waals surface area (Å²) in [7, 11) is 3.35. The molecule has 5 fully saturated rings. The maximum Gasteiger partial charge on any atom is 0.251 e. The number of likely N-dealkylation sites (tertiary alicyclic amines) is 1. The van der Waals surface area contributed by atoms with Crippen LogP contribution in [0.5, 0.6) is 5.75 Å². The van der Waals surface area contributed by atoms with Gasteiger partial charge in [0.15, 0.2) is 5.82 Å². The van der Waals surface area contributed by atoms with Crippen molar-refractivity contribution in [2.75, 3.05) is 73.5 Å². The second kappa shape index (κ2) is 18.5. The van der Waals surface area contributed by atoms with Crippen LogP contribution >= 0.6 is 0 Å². The number of nitrogens with zero attached hydrogens (tertiary/aromatic N) is 6. The molecule has 2 atom stereocenters. The number of benzene rings is 2. The number of rotatable bonds is 13. The Labute approximate surface area is 380 Å². The molecule has 1 aromatic heterocycles. The first-order valence-electron chi connectivity index (χ1n) is 23.8. The number of anilines is 5. The third-order valence-electron chi connectivity index (χ3n) is 15.6. The van der Waals surface area contributed by atoms with Crippen LogP contribution in [-0.2, 0) is 14.4 Å². The number of likely N-dealkylation sites (N-methyl/N-ethyl adjacent to an activating group) is 1. The van der Waals surface area contributed by atoms with Gasteiger partial charge in [0.05, 0.1) is 30.6 Å². The molecule has 1 unspecified atom stereocenters. The minimum atomic E-state index is -0.503. The SMILES string of the molecule is CC[C@@H]1C(=O)N(C)c2cnc(Nc3ccc(C(=O)NC4(CCO)CCC5(CC4)CN(CC4CCN(c6ccc(C7CCC(=O)NC7=O)cc6F)CC4)C5)cc3OC)nc2N1C1CCCC1. The Morgan fingerprint density at radius 2 is 1.74 bits per heavy atom. The summed E-state index contributed by atoms with van der Waals surface area (Å²) in [5.74, 6) is 0.523. The summed E-state index contributed by atoms with van der Waals surface area (Å²) in [6, 6.07) is 10.3. The summed E-state index contributed by atoms with van der Waals surface area (Å²) in [4.78, 5) is 69.3. The quantitative estimate of drug-likeness (QED) is 0.147. The van der Waals surface area contributed by atoms with Crippen LogP contribution in [0.1, 0.15) is 119 Å².